The monoisotopic (exact) mass is 141 g/mol. The molecule has 0 radical (unpaired) electrons. The molecule has 1 aromatic heterocycles. The first kappa shape index (κ1) is 7.21. The average Bonchev–Trinajstić information content (AvgIpc) is 2.34. The van der Waals surface area contributed by atoms with E-state index in [1.165, 1.54) is 0 Å². The Labute approximate surface area is 59.8 Å². The number of aromatic nitrogens is 3. The molecule has 0 N–H and O–H groups in total. The number of ether oxygens (including phenoxy) is 1. The molecule has 0 fully saturated rings. The molecule has 1 unspecified atom stereocenters. The van der Waals surface area contributed by atoms with Crippen molar-refractivity contribution in [3.05, 3.63) is 11.9 Å². The van der Waals surface area contributed by atoms with Crippen LogP contribution in [0.15, 0.2) is 6.20 Å². The van der Waals surface area contributed by atoms with Crippen molar-refractivity contribution in [2.45, 2.75) is 13.0 Å². The van der Waals surface area contributed by atoms with E-state index in [4.69, 9.17) is 4.74 Å². The second kappa shape index (κ2) is 2.79. The van der Waals surface area contributed by atoms with Crippen molar-refractivity contribution in [2.75, 3.05) is 7.11 Å². The molecule has 0 spiro atoms. The van der Waals surface area contributed by atoms with Gasteiger partial charge in [-0.15, -0.1) is 5.10 Å². The summed E-state index contributed by atoms with van der Waals surface area (Å²) in [6.45, 7) is 1.96. The highest BCUT2D eigenvalue weighted by molar-refractivity contribution is 4.96. The summed E-state index contributed by atoms with van der Waals surface area (Å²) in [6.07, 6.45) is 1.77. The van der Waals surface area contributed by atoms with Gasteiger partial charge in [-0.2, -0.15) is 0 Å². The Hall–Kier alpha value is -0.900. The summed E-state index contributed by atoms with van der Waals surface area (Å²) in [5, 5.41) is 7.50. The standard InChI is InChI=1S/C6H11N3O/c1-5(10-3)6-4-7-8-9(6)2/h4-5H,1-3H3. The molecule has 4 heteroatoms. The van der Waals surface area contributed by atoms with Gasteiger partial charge < -0.3 is 4.74 Å². The van der Waals surface area contributed by atoms with E-state index in [2.05, 4.69) is 10.3 Å². The fourth-order valence-corrected chi connectivity index (χ4v) is 0.786. The molecule has 0 aliphatic carbocycles. The quantitative estimate of drug-likeness (QED) is 0.603. The molecular weight excluding hydrogens is 130 g/mol. The van der Waals surface area contributed by atoms with Gasteiger partial charge in [0.1, 0.15) is 0 Å². The highest BCUT2D eigenvalue weighted by atomic mass is 16.5. The van der Waals surface area contributed by atoms with Crippen LogP contribution in [0.5, 0.6) is 0 Å². The average molecular weight is 141 g/mol. The zero-order valence-electron chi connectivity index (χ0n) is 6.40. The van der Waals surface area contributed by atoms with Crippen LogP contribution in [-0.2, 0) is 11.8 Å². The van der Waals surface area contributed by atoms with Crippen LogP contribution in [0.25, 0.3) is 0 Å². The first-order valence-electron chi connectivity index (χ1n) is 3.13. The second-order valence-corrected chi connectivity index (χ2v) is 2.16. The van der Waals surface area contributed by atoms with Crippen molar-refractivity contribution in [1.82, 2.24) is 15.0 Å². The number of hydrogen-bond donors (Lipinski definition) is 0. The minimum Gasteiger partial charge on any atom is -0.375 e. The van der Waals surface area contributed by atoms with Gasteiger partial charge in [0.05, 0.1) is 18.0 Å². The third-order valence-electron chi connectivity index (χ3n) is 1.52. The van der Waals surface area contributed by atoms with Gasteiger partial charge in [0, 0.05) is 14.2 Å². The second-order valence-electron chi connectivity index (χ2n) is 2.16. The molecule has 1 heterocycles. The van der Waals surface area contributed by atoms with E-state index in [9.17, 15) is 0 Å². The van der Waals surface area contributed by atoms with E-state index in [-0.39, 0.29) is 6.10 Å². The molecule has 10 heavy (non-hydrogen) atoms. The summed E-state index contributed by atoms with van der Waals surface area (Å²) >= 11 is 0. The zero-order valence-corrected chi connectivity index (χ0v) is 6.40. The van der Waals surface area contributed by atoms with Crippen molar-refractivity contribution in [3.63, 3.8) is 0 Å². The molecule has 0 aliphatic rings. The SMILES string of the molecule is COC(C)c1cnnn1C. The number of rotatable bonds is 2. The smallest absolute Gasteiger partial charge is 0.0975 e. The number of methoxy groups -OCH3 is 1. The maximum absolute atomic E-state index is 5.07. The lowest BCUT2D eigenvalue weighted by molar-refractivity contribution is 0.112. The van der Waals surface area contributed by atoms with E-state index in [1.807, 2.05) is 14.0 Å². The molecule has 4 nitrogen and oxygen atoms in total. The molecule has 1 atom stereocenters. The highest BCUT2D eigenvalue weighted by Crippen LogP contribution is 2.11. The highest BCUT2D eigenvalue weighted by Gasteiger charge is 2.07. The first-order valence-corrected chi connectivity index (χ1v) is 3.13. The van der Waals surface area contributed by atoms with Crippen molar-refractivity contribution < 1.29 is 4.74 Å². The lowest BCUT2D eigenvalue weighted by Gasteiger charge is -2.07. The molecule has 1 aromatic rings. The lowest BCUT2D eigenvalue weighted by Crippen LogP contribution is -2.03. The van der Waals surface area contributed by atoms with E-state index in [1.54, 1.807) is 18.0 Å². The zero-order chi connectivity index (χ0) is 7.56. The molecule has 0 aliphatic heterocycles. The molecule has 0 aromatic carbocycles. The van der Waals surface area contributed by atoms with E-state index < -0.39 is 0 Å². The number of aryl methyl sites for hydroxylation is 1. The Morgan fingerprint density at radius 3 is 2.80 bits per heavy atom. The predicted molar refractivity (Wildman–Crippen MR) is 36.4 cm³/mol. The first-order chi connectivity index (χ1) is 4.75. The molecule has 56 valence electrons. The molecule has 1 rings (SSSR count). The number of hydrogen-bond acceptors (Lipinski definition) is 3. The Bertz CT molecular complexity index is 209. The van der Waals surface area contributed by atoms with Crippen LogP contribution in [-0.4, -0.2) is 22.1 Å². The summed E-state index contributed by atoms with van der Waals surface area (Å²) in [4.78, 5) is 0. The van der Waals surface area contributed by atoms with E-state index in [0.717, 1.165) is 5.69 Å². The van der Waals surface area contributed by atoms with Crippen molar-refractivity contribution >= 4 is 0 Å². The fraction of sp³-hybridized carbons (Fsp3) is 0.667. The maximum Gasteiger partial charge on any atom is 0.0975 e. The van der Waals surface area contributed by atoms with Crippen LogP contribution < -0.4 is 0 Å². The van der Waals surface area contributed by atoms with Gasteiger partial charge in [-0.3, -0.25) is 0 Å². The van der Waals surface area contributed by atoms with Gasteiger partial charge in [-0.25, -0.2) is 4.68 Å². The number of nitrogens with zero attached hydrogens (tertiary/aromatic N) is 3. The van der Waals surface area contributed by atoms with Gasteiger partial charge >= 0.3 is 0 Å². The van der Waals surface area contributed by atoms with Crippen molar-refractivity contribution in [3.8, 4) is 0 Å². The molecule has 0 saturated heterocycles. The van der Waals surface area contributed by atoms with Crippen LogP contribution in [0.4, 0.5) is 0 Å². The van der Waals surface area contributed by atoms with Gasteiger partial charge in [0.25, 0.3) is 0 Å². The summed E-state index contributed by atoms with van der Waals surface area (Å²) in [5.74, 6) is 0. The van der Waals surface area contributed by atoms with Crippen LogP contribution in [0.1, 0.15) is 18.7 Å². The largest absolute Gasteiger partial charge is 0.375 e. The topological polar surface area (TPSA) is 39.9 Å². The van der Waals surface area contributed by atoms with Crippen LogP contribution in [0.3, 0.4) is 0 Å². The Balaban J connectivity index is 2.82. The molecule has 0 bridgehead atoms. The van der Waals surface area contributed by atoms with Crippen LogP contribution in [0.2, 0.25) is 0 Å². The summed E-state index contributed by atoms with van der Waals surface area (Å²) in [5.41, 5.74) is 0.988. The van der Waals surface area contributed by atoms with E-state index in [0.29, 0.717) is 0 Å². The Morgan fingerprint density at radius 1 is 1.70 bits per heavy atom. The predicted octanol–water partition coefficient (Wildman–Crippen LogP) is 0.523. The summed E-state index contributed by atoms with van der Waals surface area (Å²) in [7, 11) is 3.51. The minimum absolute atomic E-state index is 0.0694. The Kier molecular flexibility index (Phi) is 2.01. The van der Waals surface area contributed by atoms with Crippen LogP contribution in [0, 0.1) is 0 Å². The van der Waals surface area contributed by atoms with Crippen molar-refractivity contribution in [2.24, 2.45) is 7.05 Å². The summed E-state index contributed by atoms with van der Waals surface area (Å²) in [6, 6.07) is 0. The van der Waals surface area contributed by atoms with Gasteiger partial charge in [-0.05, 0) is 6.92 Å². The molecule has 0 saturated carbocycles. The molecule has 0 amide bonds. The lowest BCUT2D eigenvalue weighted by atomic mass is 10.3. The van der Waals surface area contributed by atoms with Gasteiger partial charge in [0.15, 0.2) is 0 Å². The third kappa shape index (κ3) is 1.16. The normalized spacial score (nSPS) is 13.5. The Morgan fingerprint density at radius 2 is 2.40 bits per heavy atom. The van der Waals surface area contributed by atoms with E-state index >= 15 is 0 Å². The third-order valence-corrected chi connectivity index (χ3v) is 1.52. The van der Waals surface area contributed by atoms with Gasteiger partial charge in [0.2, 0.25) is 0 Å². The van der Waals surface area contributed by atoms with Crippen molar-refractivity contribution in [1.29, 1.82) is 0 Å². The van der Waals surface area contributed by atoms with Gasteiger partial charge in [-0.1, -0.05) is 5.21 Å². The maximum atomic E-state index is 5.07. The summed E-state index contributed by atoms with van der Waals surface area (Å²) < 4.78 is 6.78. The van der Waals surface area contributed by atoms with Crippen LogP contribution >= 0.6 is 0 Å². The minimum atomic E-state index is 0.0694. The fourth-order valence-electron chi connectivity index (χ4n) is 0.786. The molecular formula is C6H11N3O.